The normalized spacial score (nSPS) is 12.7. The Morgan fingerprint density at radius 2 is 1.59 bits per heavy atom. The number of halogens is 6. The van der Waals surface area contributed by atoms with Crippen molar-refractivity contribution in [1.29, 1.82) is 0 Å². The Morgan fingerprint density at radius 1 is 1.00 bits per heavy atom. The van der Waals surface area contributed by atoms with Gasteiger partial charge in [0.15, 0.2) is 0 Å². The van der Waals surface area contributed by atoms with Crippen molar-refractivity contribution in [1.82, 2.24) is 4.90 Å². The van der Waals surface area contributed by atoms with Crippen LogP contribution in [0, 0.1) is 0 Å². The molecule has 1 aromatic carbocycles. The molecule has 0 aliphatic heterocycles. The topological polar surface area (TPSA) is 32.7 Å². The number of alkyl halides is 6. The maximum atomic E-state index is 12.4. The molecule has 22 heavy (non-hydrogen) atoms. The van der Waals surface area contributed by atoms with Gasteiger partial charge in [0.1, 0.15) is 5.75 Å². The van der Waals surface area contributed by atoms with Gasteiger partial charge in [-0.3, -0.25) is 4.90 Å². The smallest absolute Gasteiger partial charge is 0.406 e. The number of nitrogens with zero attached hydrogens (tertiary/aromatic N) is 1. The number of aliphatic hydroxyl groups is 1. The fraction of sp³-hybridized carbons (Fsp3) is 0.538. The Balaban J connectivity index is 2.68. The highest BCUT2D eigenvalue weighted by Gasteiger charge is 2.31. The van der Waals surface area contributed by atoms with E-state index < -0.39 is 24.8 Å². The monoisotopic (exact) mass is 331 g/mol. The zero-order chi connectivity index (χ0) is 16.8. The van der Waals surface area contributed by atoms with Crippen molar-refractivity contribution in [2.75, 3.05) is 19.7 Å². The van der Waals surface area contributed by atoms with Crippen LogP contribution in [0.25, 0.3) is 0 Å². The quantitative estimate of drug-likeness (QED) is 0.778. The van der Waals surface area contributed by atoms with E-state index in [4.69, 9.17) is 5.11 Å². The first-order valence-corrected chi connectivity index (χ1v) is 6.34. The second-order valence-corrected chi connectivity index (χ2v) is 4.59. The van der Waals surface area contributed by atoms with Crippen LogP contribution in [0.1, 0.15) is 12.0 Å². The highest BCUT2D eigenvalue weighted by atomic mass is 19.4. The van der Waals surface area contributed by atoms with E-state index in [9.17, 15) is 26.3 Å². The SMILES string of the molecule is OCCCN(Cc1ccc(OC(F)(F)F)cc1)CC(F)(F)F. The van der Waals surface area contributed by atoms with Crippen LogP contribution in [0.4, 0.5) is 26.3 Å². The predicted molar refractivity (Wildman–Crippen MR) is 66.2 cm³/mol. The lowest BCUT2D eigenvalue weighted by Gasteiger charge is -2.23. The molecular formula is C13H15F6NO2. The van der Waals surface area contributed by atoms with Gasteiger partial charge < -0.3 is 9.84 Å². The minimum Gasteiger partial charge on any atom is -0.406 e. The van der Waals surface area contributed by atoms with Gasteiger partial charge >= 0.3 is 12.5 Å². The summed E-state index contributed by atoms with van der Waals surface area (Å²) in [5.41, 5.74) is 0.414. The zero-order valence-corrected chi connectivity index (χ0v) is 11.4. The minimum atomic E-state index is -4.81. The van der Waals surface area contributed by atoms with E-state index in [2.05, 4.69) is 4.74 Å². The van der Waals surface area contributed by atoms with Gasteiger partial charge in [-0.2, -0.15) is 13.2 Å². The number of rotatable bonds is 7. The fourth-order valence-corrected chi connectivity index (χ4v) is 1.82. The van der Waals surface area contributed by atoms with Gasteiger partial charge in [0.05, 0.1) is 6.54 Å². The molecule has 0 fully saturated rings. The summed E-state index contributed by atoms with van der Waals surface area (Å²) in [6.07, 6.45) is -9.04. The number of ether oxygens (including phenoxy) is 1. The van der Waals surface area contributed by atoms with E-state index in [0.29, 0.717) is 5.56 Å². The lowest BCUT2D eigenvalue weighted by molar-refractivity contribution is -0.274. The van der Waals surface area contributed by atoms with Crippen molar-refractivity contribution in [3.8, 4) is 5.75 Å². The molecule has 0 unspecified atom stereocenters. The third kappa shape index (κ3) is 8.08. The van der Waals surface area contributed by atoms with E-state index in [-0.39, 0.29) is 26.1 Å². The maximum Gasteiger partial charge on any atom is 0.573 e. The Morgan fingerprint density at radius 3 is 2.05 bits per heavy atom. The highest BCUT2D eigenvalue weighted by Crippen LogP contribution is 2.24. The first kappa shape index (κ1) is 18.6. The van der Waals surface area contributed by atoms with Gasteiger partial charge in [-0.25, -0.2) is 0 Å². The molecule has 0 heterocycles. The van der Waals surface area contributed by atoms with Gasteiger partial charge in [0.25, 0.3) is 0 Å². The summed E-state index contributed by atoms with van der Waals surface area (Å²) < 4.78 is 77.0. The van der Waals surface area contributed by atoms with Crippen LogP contribution >= 0.6 is 0 Å². The molecule has 0 bridgehead atoms. The lowest BCUT2D eigenvalue weighted by Crippen LogP contribution is -2.34. The number of benzene rings is 1. The van der Waals surface area contributed by atoms with Gasteiger partial charge in [0, 0.05) is 19.7 Å². The van der Waals surface area contributed by atoms with Crippen molar-refractivity contribution in [2.24, 2.45) is 0 Å². The standard InChI is InChI=1S/C13H15F6NO2/c14-12(15,16)9-20(6-1-7-21)8-10-2-4-11(5-3-10)22-13(17,18)19/h2-5,21H,1,6-9H2. The summed E-state index contributed by atoms with van der Waals surface area (Å²) in [6, 6.07) is 4.62. The second kappa shape index (κ2) is 7.68. The third-order valence-electron chi connectivity index (χ3n) is 2.60. The van der Waals surface area contributed by atoms with Crippen LogP contribution in [-0.4, -0.2) is 42.2 Å². The first-order chi connectivity index (χ1) is 10.1. The summed E-state index contributed by atoms with van der Waals surface area (Å²) in [7, 11) is 0. The molecule has 0 amide bonds. The molecule has 0 radical (unpaired) electrons. The molecule has 1 N–H and O–H groups in total. The fourth-order valence-electron chi connectivity index (χ4n) is 1.82. The minimum absolute atomic E-state index is 0.0246. The van der Waals surface area contributed by atoms with Gasteiger partial charge in [0.2, 0.25) is 0 Å². The number of aliphatic hydroxyl groups excluding tert-OH is 1. The third-order valence-corrected chi connectivity index (χ3v) is 2.60. The molecule has 0 aliphatic rings. The molecule has 9 heteroatoms. The molecule has 0 aliphatic carbocycles. The van der Waals surface area contributed by atoms with Gasteiger partial charge in [-0.05, 0) is 24.1 Å². The number of hydrogen-bond donors (Lipinski definition) is 1. The lowest BCUT2D eigenvalue weighted by atomic mass is 10.2. The Bertz CT molecular complexity index is 443. The molecule has 0 aromatic heterocycles. The highest BCUT2D eigenvalue weighted by molar-refractivity contribution is 5.27. The van der Waals surface area contributed by atoms with Crippen LogP contribution in [0.15, 0.2) is 24.3 Å². The van der Waals surface area contributed by atoms with E-state index in [1.54, 1.807) is 0 Å². The summed E-state index contributed by atoms with van der Waals surface area (Å²) in [4.78, 5) is 1.07. The number of hydrogen-bond acceptors (Lipinski definition) is 3. The average molecular weight is 331 g/mol. The molecule has 0 saturated heterocycles. The Labute approximate surface area is 123 Å². The van der Waals surface area contributed by atoms with Gasteiger partial charge in [-0.1, -0.05) is 12.1 Å². The van der Waals surface area contributed by atoms with Crippen molar-refractivity contribution < 1.29 is 36.2 Å². The second-order valence-electron chi connectivity index (χ2n) is 4.59. The van der Waals surface area contributed by atoms with Crippen molar-refractivity contribution in [3.05, 3.63) is 29.8 Å². The maximum absolute atomic E-state index is 12.4. The van der Waals surface area contributed by atoms with E-state index >= 15 is 0 Å². The molecule has 0 spiro atoms. The molecule has 3 nitrogen and oxygen atoms in total. The largest absolute Gasteiger partial charge is 0.573 e. The van der Waals surface area contributed by atoms with Crippen molar-refractivity contribution >= 4 is 0 Å². The molecule has 0 atom stereocenters. The van der Waals surface area contributed by atoms with Crippen molar-refractivity contribution in [2.45, 2.75) is 25.5 Å². The summed E-state index contributed by atoms with van der Waals surface area (Å²) in [5.74, 6) is -0.436. The zero-order valence-electron chi connectivity index (χ0n) is 11.4. The van der Waals surface area contributed by atoms with Gasteiger partial charge in [-0.15, -0.1) is 13.2 Å². The van der Waals surface area contributed by atoms with Crippen LogP contribution in [0.3, 0.4) is 0 Å². The molecule has 0 saturated carbocycles. The van der Waals surface area contributed by atoms with E-state index in [1.807, 2.05) is 0 Å². The van der Waals surface area contributed by atoms with Crippen LogP contribution in [-0.2, 0) is 6.54 Å². The molecule has 126 valence electrons. The van der Waals surface area contributed by atoms with Crippen LogP contribution in [0.5, 0.6) is 5.75 Å². The molecule has 1 aromatic rings. The molecule has 1 rings (SSSR count). The summed E-state index contributed by atoms with van der Waals surface area (Å²) in [5, 5.41) is 8.69. The Hall–Kier alpha value is -1.48. The van der Waals surface area contributed by atoms with E-state index in [0.717, 1.165) is 17.0 Å². The summed E-state index contributed by atoms with van der Waals surface area (Å²) >= 11 is 0. The molecular weight excluding hydrogens is 316 g/mol. The van der Waals surface area contributed by atoms with Crippen LogP contribution < -0.4 is 4.74 Å². The first-order valence-electron chi connectivity index (χ1n) is 6.34. The van der Waals surface area contributed by atoms with Crippen LogP contribution in [0.2, 0.25) is 0 Å². The predicted octanol–water partition coefficient (Wildman–Crippen LogP) is 3.33. The summed E-state index contributed by atoms with van der Waals surface area (Å²) in [6.45, 7) is -1.47. The average Bonchev–Trinajstić information content (AvgIpc) is 2.35. The van der Waals surface area contributed by atoms with Crippen molar-refractivity contribution in [3.63, 3.8) is 0 Å². The van der Waals surface area contributed by atoms with E-state index in [1.165, 1.54) is 12.1 Å². The Kier molecular flexibility index (Phi) is 6.48.